The predicted octanol–water partition coefficient (Wildman–Crippen LogP) is 1.22. The van der Waals surface area contributed by atoms with Crippen LogP contribution in [0.25, 0.3) is 0 Å². The van der Waals surface area contributed by atoms with E-state index in [0.717, 1.165) is 0 Å². The number of aromatic nitrogens is 2. The first-order valence-electron chi connectivity index (χ1n) is 7.58. The molecule has 2 rings (SSSR count). The molecule has 1 aromatic carbocycles. The first-order valence-corrected chi connectivity index (χ1v) is 9.12. The Hall–Kier alpha value is -2.72. The highest BCUT2D eigenvalue weighted by Gasteiger charge is 2.30. The number of carbonyl (C=O) groups is 2. The van der Waals surface area contributed by atoms with Crippen LogP contribution in [-0.2, 0) is 20.4 Å². The summed E-state index contributed by atoms with van der Waals surface area (Å²) in [6.45, 7) is 6.22. The minimum absolute atomic E-state index is 0.113. The summed E-state index contributed by atoms with van der Waals surface area (Å²) in [5.74, 6) is -1.64. The number of aryl methyl sites for hydroxylation is 1. The van der Waals surface area contributed by atoms with Crippen LogP contribution < -0.4 is 10.5 Å². The van der Waals surface area contributed by atoms with Gasteiger partial charge in [0.2, 0.25) is 10.0 Å². The van der Waals surface area contributed by atoms with Crippen LogP contribution in [0.4, 0.5) is 5.69 Å². The molecule has 1 amide bonds. The Morgan fingerprint density at radius 2 is 1.88 bits per heavy atom. The molecule has 10 heteroatoms. The molecule has 0 aliphatic carbocycles. The van der Waals surface area contributed by atoms with Crippen molar-refractivity contribution in [2.24, 2.45) is 5.14 Å². The van der Waals surface area contributed by atoms with Gasteiger partial charge in [-0.2, -0.15) is 5.10 Å². The van der Waals surface area contributed by atoms with Gasteiger partial charge in [-0.3, -0.25) is 9.48 Å². The van der Waals surface area contributed by atoms with Crippen LogP contribution in [0.15, 0.2) is 29.4 Å². The van der Waals surface area contributed by atoms with Gasteiger partial charge in [-0.1, -0.05) is 0 Å². The molecule has 4 N–H and O–H groups in total. The van der Waals surface area contributed by atoms with Crippen LogP contribution in [0.3, 0.4) is 0 Å². The molecule has 0 saturated carbocycles. The van der Waals surface area contributed by atoms with Gasteiger partial charge in [0, 0.05) is 11.8 Å². The number of hydrogen-bond acceptors (Lipinski definition) is 5. The topological polar surface area (TPSA) is 144 Å². The van der Waals surface area contributed by atoms with E-state index in [-0.39, 0.29) is 16.1 Å². The number of aliphatic carboxylic acids is 1. The Bertz CT molecular complexity index is 992. The van der Waals surface area contributed by atoms with Crippen molar-refractivity contribution < 1.29 is 23.1 Å². The van der Waals surface area contributed by atoms with Gasteiger partial charge >= 0.3 is 5.97 Å². The quantitative estimate of drug-likeness (QED) is 0.711. The number of anilines is 1. The number of carboxylic acids is 1. The standard InChI is InChI=1S/C16H20N4O5S/c1-9-5-11(6-13(10(9)2)26(17,24)25)14(21)19-12-7-18-20(8-12)16(3,4)15(22)23/h5-8H,1-4H3,(H,19,21)(H,22,23)(H2,17,24,25). The number of nitrogens with two attached hydrogens (primary N) is 1. The van der Waals surface area contributed by atoms with E-state index in [0.29, 0.717) is 11.1 Å². The minimum Gasteiger partial charge on any atom is -0.479 e. The molecule has 0 aliphatic heterocycles. The van der Waals surface area contributed by atoms with Crippen molar-refractivity contribution in [2.45, 2.75) is 38.1 Å². The lowest BCUT2D eigenvalue weighted by Crippen LogP contribution is -2.35. The molecule has 0 atom stereocenters. The average Bonchev–Trinajstić information content (AvgIpc) is 2.97. The summed E-state index contributed by atoms with van der Waals surface area (Å²) in [4.78, 5) is 23.6. The van der Waals surface area contributed by atoms with E-state index in [1.54, 1.807) is 19.9 Å². The van der Waals surface area contributed by atoms with Gasteiger partial charge in [0.25, 0.3) is 5.91 Å². The second-order valence-electron chi connectivity index (χ2n) is 6.45. The van der Waals surface area contributed by atoms with Crippen molar-refractivity contribution in [2.75, 3.05) is 5.32 Å². The molecule has 140 valence electrons. The highest BCUT2D eigenvalue weighted by Crippen LogP contribution is 2.22. The van der Waals surface area contributed by atoms with Gasteiger partial charge in [-0.25, -0.2) is 18.4 Å². The number of sulfonamides is 1. The number of nitrogens with zero attached hydrogens (tertiary/aromatic N) is 2. The second-order valence-corrected chi connectivity index (χ2v) is 7.98. The molecule has 2 aromatic rings. The summed E-state index contributed by atoms with van der Waals surface area (Å²) in [6, 6.07) is 2.75. The van der Waals surface area contributed by atoms with E-state index >= 15 is 0 Å². The Balaban J connectivity index is 2.34. The van der Waals surface area contributed by atoms with E-state index in [1.807, 2.05) is 0 Å². The minimum atomic E-state index is -3.97. The molecule has 0 fully saturated rings. The molecule has 0 radical (unpaired) electrons. The zero-order valence-electron chi connectivity index (χ0n) is 14.8. The van der Waals surface area contributed by atoms with Crippen molar-refractivity contribution in [3.8, 4) is 0 Å². The summed E-state index contributed by atoms with van der Waals surface area (Å²) in [7, 11) is -3.97. The van der Waals surface area contributed by atoms with Crippen LogP contribution in [0.5, 0.6) is 0 Å². The molecule has 1 heterocycles. The van der Waals surface area contributed by atoms with E-state index in [9.17, 15) is 23.1 Å². The normalized spacial score (nSPS) is 12.0. The Morgan fingerprint density at radius 3 is 2.42 bits per heavy atom. The van der Waals surface area contributed by atoms with Crippen LogP contribution >= 0.6 is 0 Å². The van der Waals surface area contributed by atoms with Gasteiger partial charge < -0.3 is 10.4 Å². The molecule has 26 heavy (non-hydrogen) atoms. The number of rotatable bonds is 5. The molecule has 0 bridgehead atoms. The summed E-state index contributed by atoms with van der Waals surface area (Å²) in [5.41, 5.74) is 0.177. The zero-order valence-corrected chi connectivity index (χ0v) is 15.6. The molecule has 9 nitrogen and oxygen atoms in total. The summed E-state index contributed by atoms with van der Waals surface area (Å²) >= 11 is 0. The number of carbonyl (C=O) groups excluding carboxylic acids is 1. The van der Waals surface area contributed by atoms with E-state index < -0.39 is 27.4 Å². The number of benzene rings is 1. The van der Waals surface area contributed by atoms with Crippen molar-refractivity contribution >= 4 is 27.6 Å². The molecule has 0 unspecified atom stereocenters. The fourth-order valence-electron chi connectivity index (χ4n) is 2.25. The molecular weight excluding hydrogens is 360 g/mol. The lowest BCUT2D eigenvalue weighted by atomic mass is 10.1. The molecule has 0 saturated heterocycles. The van der Waals surface area contributed by atoms with Gasteiger partial charge in [-0.15, -0.1) is 0 Å². The van der Waals surface area contributed by atoms with E-state index in [4.69, 9.17) is 5.14 Å². The summed E-state index contributed by atoms with van der Waals surface area (Å²) in [5, 5.41) is 20.9. The van der Waals surface area contributed by atoms with Crippen LogP contribution in [0.1, 0.15) is 35.3 Å². The van der Waals surface area contributed by atoms with Crippen molar-refractivity contribution in [3.63, 3.8) is 0 Å². The number of primary sulfonamides is 1. The second kappa shape index (κ2) is 6.54. The predicted molar refractivity (Wildman–Crippen MR) is 94.4 cm³/mol. The molecule has 0 spiro atoms. The van der Waals surface area contributed by atoms with Crippen LogP contribution in [-0.4, -0.2) is 35.2 Å². The van der Waals surface area contributed by atoms with Crippen molar-refractivity contribution in [1.82, 2.24) is 9.78 Å². The van der Waals surface area contributed by atoms with Gasteiger partial charge in [0.15, 0.2) is 5.54 Å². The molecule has 0 aliphatic rings. The maximum Gasteiger partial charge on any atom is 0.331 e. The molecule has 1 aromatic heterocycles. The van der Waals surface area contributed by atoms with Crippen LogP contribution in [0.2, 0.25) is 0 Å². The Labute approximate surface area is 150 Å². The highest BCUT2D eigenvalue weighted by atomic mass is 32.2. The average molecular weight is 380 g/mol. The maximum atomic E-state index is 12.4. The zero-order chi connectivity index (χ0) is 19.9. The van der Waals surface area contributed by atoms with E-state index in [2.05, 4.69) is 10.4 Å². The third-order valence-corrected chi connectivity index (χ3v) is 5.16. The lowest BCUT2D eigenvalue weighted by molar-refractivity contribution is -0.146. The maximum absolute atomic E-state index is 12.4. The van der Waals surface area contributed by atoms with Crippen LogP contribution in [0, 0.1) is 13.8 Å². The smallest absolute Gasteiger partial charge is 0.331 e. The summed E-state index contributed by atoms with van der Waals surface area (Å²) in [6.07, 6.45) is 2.69. The monoisotopic (exact) mass is 380 g/mol. The van der Waals surface area contributed by atoms with Crippen molar-refractivity contribution in [3.05, 3.63) is 41.2 Å². The first kappa shape index (κ1) is 19.6. The SMILES string of the molecule is Cc1cc(C(=O)Nc2cnn(C(C)(C)C(=O)O)c2)cc(S(N)(=O)=O)c1C. The fraction of sp³-hybridized carbons (Fsp3) is 0.312. The largest absolute Gasteiger partial charge is 0.479 e. The number of nitrogens with one attached hydrogen (secondary N) is 1. The van der Waals surface area contributed by atoms with Gasteiger partial charge in [0.1, 0.15) is 0 Å². The number of hydrogen-bond donors (Lipinski definition) is 3. The number of amides is 1. The first-order chi connectivity index (χ1) is 11.8. The molecular formula is C16H20N4O5S. The van der Waals surface area contributed by atoms with Gasteiger partial charge in [-0.05, 0) is 51.0 Å². The van der Waals surface area contributed by atoms with Crippen molar-refractivity contribution in [1.29, 1.82) is 0 Å². The Kier molecular flexibility index (Phi) is 4.93. The Morgan fingerprint density at radius 1 is 1.27 bits per heavy atom. The fourth-order valence-corrected chi connectivity index (χ4v) is 3.13. The third-order valence-electron chi connectivity index (χ3n) is 4.13. The summed E-state index contributed by atoms with van der Waals surface area (Å²) < 4.78 is 24.6. The number of carboxylic acid groups (broad SMARTS) is 1. The third kappa shape index (κ3) is 3.75. The highest BCUT2D eigenvalue weighted by molar-refractivity contribution is 7.89. The van der Waals surface area contributed by atoms with Gasteiger partial charge in [0.05, 0.1) is 16.8 Å². The lowest BCUT2D eigenvalue weighted by Gasteiger charge is -2.19. The van der Waals surface area contributed by atoms with E-state index in [1.165, 1.54) is 37.0 Å².